The molecule has 0 aromatic heterocycles. The van der Waals surface area contributed by atoms with Crippen LogP contribution in [-0.4, -0.2) is 55.5 Å². The smallest absolute Gasteiger partial charge is 0.256 e. The molecule has 1 heterocycles. The lowest BCUT2D eigenvalue weighted by molar-refractivity contribution is 0.0693. The van der Waals surface area contributed by atoms with Crippen molar-refractivity contribution in [3.05, 3.63) is 35.6 Å². The molecule has 0 bridgehead atoms. The number of benzene rings is 1. The van der Waals surface area contributed by atoms with E-state index >= 15 is 0 Å². The first-order valence-electron chi connectivity index (χ1n) is 6.47. The van der Waals surface area contributed by atoms with Gasteiger partial charge in [0, 0.05) is 26.2 Å². The number of hydrogen-bond acceptors (Lipinski definition) is 3. The molecule has 1 saturated heterocycles. The molecule has 1 amide bonds. The second kappa shape index (κ2) is 5.88. The summed E-state index contributed by atoms with van der Waals surface area (Å²) in [5.74, 6) is -0.897. The van der Waals surface area contributed by atoms with E-state index < -0.39 is 21.7 Å². The molecule has 0 spiro atoms. The van der Waals surface area contributed by atoms with Crippen molar-refractivity contribution in [2.75, 3.05) is 31.9 Å². The van der Waals surface area contributed by atoms with Crippen LogP contribution in [0.1, 0.15) is 17.3 Å². The van der Waals surface area contributed by atoms with Gasteiger partial charge in [0.2, 0.25) is 10.0 Å². The molecule has 7 heteroatoms. The Balaban J connectivity index is 2.05. The minimum Gasteiger partial charge on any atom is -0.336 e. The first-order chi connectivity index (χ1) is 9.45. The zero-order valence-electron chi connectivity index (χ0n) is 11.3. The molecule has 1 fully saturated rings. The number of rotatable bonds is 3. The minimum absolute atomic E-state index is 0.0271. The summed E-state index contributed by atoms with van der Waals surface area (Å²) >= 11 is 0. The van der Waals surface area contributed by atoms with E-state index in [1.54, 1.807) is 13.0 Å². The van der Waals surface area contributed by atoms with Crippen LogP contribution in [0.3, 0.4) is 0 Å². The van der Waals surface area contributed by atoms with E-state index in [0.717, 1.165) is 0 Å². The summed E-state index contributed by atoms with van der Waals surface area (Å²) in [6.45, 7) is 2.68. The monoisotopic (exact) mass is 300 g/mol. The predicted octanol–water partition coefficient (Wildman–Crippen LogP) is 0.933. The van der Waals surface area contributed by atoms with Crippen molar-refractivity contribution in [1.29, 1.82) is 0 Å². The molecule has 1 aliphatic rings. The van der Waals surface area contributed by atoms with Crippen LogP contribution in [-0.2, 0) is 10.0 Å². The van der Waals surface area contributed by atoms with E-state index in [2.05, 4.69) is 0 Å². The summed E-state index contributed by atoms with van der Waals surface area (Å²) in [5.41, 5.74) is 0.0271. The summed E-state index contributed by atoms with van der Waals surface area (Å²) in [5, 5.41) is 0. The molecule has 0 atom stereocenters. The van der Waals surface area contributed by atoms with Crippen LogP contribution in [0.4, 0.5) is 4.39 Å². The molecule has 5 nitrogen and oxygen atoms in total. The van der Waals surface area contributed by atoms with E-state index in [9.17, 15) is 17.6 Å². The van der Waals surface area contributed by atoms with Gasteiger partial charge < -0.3 is 4.90 Å². The summed E-state index contributed by atoms with van der Waals surface area (Å²) in [7, 11) is -3.22. The van der Waals surface area contributed by atoms with Gasteiger partial charge in [-0.2, -0.15) is 4.31 Å². The number of carbonyl (C=O) groups is 1. The molecule has 0 aliphatic carbocycles. The summed E-state index contributed by atoms with van der Waals surface area (Å²) in [4.78, 5) is 13.7. The number of sulfonamides is 1. The Bertz CT molecular complexity index is 595. The van der Waals surface area contributed by atoms with E-state index in [4.69, 9.17) is 0 Å². The maximum absolute atomic E-state index is 13.6. The van der Waals surface area contributed by atoms with Crippen molar-refractivity contribution < 1.29 is 17.6 Å². The Morgan fingerprint density at radius 2 is 1.80 bits per heavy atom. The Morgan fingerprint density at radius 3 is 2.35 bits per heavy atom. The van der Waals surface area contributed by atoms with Crippen LogP contribution in [0, 0.1) is 5.82 Å². The van der Waals surface area contributed by atoms with E-state index in [0.29, 0.717) is 0 Å². The SMILES string of the molecule is CCS(=O)(=O)N1CCN(C(=O)c2ccccc2F)CC1. The maximum atomic E-state index is 13.6. The maximum Gasteiger partial charge on any atom is 0.256 e. The fraction of sp³-hybridized carbons (Fsp3) is 0.462. The van der Waals surface area contributed by atoms with E-state index in [-0.39, 0.29) is 37.5 Å². The Morgan fingerprint density at radius 1 is 1.20 bits per heavy atom. The van der Waals surface area contributed by atoms with Gasteiger partial charge in [-0.05, 0) is 19.1 Å². The standard InChI is InChI=1S/C13H17FN2O3S/c1-2-20(18,19)16-9-7-15(8-10-16)13(17)11-5-3-4-6-12(11)14/h3-6H,2,7-10H2,1H3. The van der Waals surface area contributed by atoms with Gasteiger partial charge in [-0.3, -0.25) is 4.79 Å². The Hall–Kier alpha value is -1.47. The average Bonchev–Trinajstić information content (AvgIpc) is 2.47. The van der Waals surface area contributed by atoms with Crippen molar-refractivity contribution in [2.45, 2.75) is 6.92 Å². The van der Waals surface area contributed by atoms with Gasteiger partial charge in [0.15, 0.2) is 0 Å². The highest BCUT2D eigenvalue weighted by atomic mass is 32.2. The zero-order chi connectivity index (χ0) is 14.8. The van der Waals surface area contributed by atoms with Crippen LogP contribution in [0.25, 0.3) is 0 Å². The van der Waals surface area contributed by atoms with E-state index in [1.165, 1.54) is 27.4 Å². The zero-order valence-corrected chi connectivity index (χ0v) is 12.1. The predicted molar refractivity (Wildman–Crippen MR) is 73.3 cm³/mol. The molecule has 0 radical (unpaired) electrons. The topological polar surface area (TPSA) is 57.7 Å². The first-order valence-corrected chi connectivity index (χ1v) is 8.08. The fourth-order valence-corrected chi connectivity index (χ4v) is 3.24. The molecule has 20 heavy (non-hydrogen) atoms. The second-order valence-electron chi connectivity index (χ2n) is 4.57. The number of amides is 1. The lowest BCUT2D eigenvalue weighted by atomic mass is 10.1. The number of piperazine rings is 1. The van der Waals surface area contributed by atoms with Gasteiger partial charge >= 0.3 is 0 Å². The van der Waals surface area contributed by atoms with E-state index in [1.807, 2.05) is 0 Å². The van der Waals surface area contributed by atoms with Crippen molar-refractivity contribution in [3.63, 3.8) is 0 Å². The third kappa shape index (κ3) is 2.99. The normalized spacial score (nSPS) is 17.2. The summed E-state index contributed by atoms with van der Waals surface area (Å²) in [6.07, 6.45) is 0. The second-order valence-corrected chi connectivity index (χ2v) is 6.83. The van der Waals surface area contributed by atoms with Crippen LogP contribution in [0.5, 0.6) is 0 Å². The lowest BCUT2D eigenvalue weighted by Crippen LogP contribution is -2.51. The molecule has 110 valence electrons. The van der Waals surface area contributed by atoms with Gasteiger partial charge in [0.1, 0.15) is 5.82 Å². The summed E-state index contributed by atoms with van der Waals surface area (Å²) < 4.78 is 38.4. The fourth-order valence-electron chi connectivity index (χ4n) is 2.16. The molecule has 0 N–H and O–H groups in total. The number of hydrogen-bond donors (Lipinski definition) is 0. The van der Waals surface area contributed by atoms with Crippen LogP contribution >= 0.6 is 0 Å². The van der Waals surface area contributed by atoms with Gasteiger partial charge in [-0.1, -0.05) is 12.1 Å². The highest BCUT2D eigenvalue weighted by Gasteiger charge is 2.28. The molecule has 0 unspecified atom stereocenters. The molecule has 1 aromatic rings. The van der Waals surface area contributed by atoms with Crippen molar-refractivity contribution in [2.24, 2.45) is 0 Å². The van der Waals surface area contributed by atoms with Crippen molar-refractivity contribution >= 4 is 15.9 Å². The molecule has 0 saturated carbocycles. The van der Waals surface area contributed by atoms with Crippen molar-refractivity contribution in [3.8, 4) is 0 Å². The van der Waals surface area contributed by atoms with Crippen LogP contribution < -0.4 is 0 Å². The number of carbonyl (C=O) groups excluding carboxylic acids is 1. The molecular weight excluding hydrogens is 283 g/mol. The largest absolute Gasteiger partial charge is 0.336 e. The molecule has 1 aromatic carbocycles. The Kier molecular flexibility index (Phi) is 4.39. The highest BCUT2D eigenvalue weighted by molar-refractivity contribution is 7.89. The average molecular weight is 300 g/mol. The molecule has 1 aliphatic heterocycles. The molecular formula is C13H17FN2O3S. The summed E-state index contributed by atoms with van der Waals surface area (Å²) in [6, 6.07) is 5.81. The van der Waals surface area contributed by atoms with Crippen LogP contribution in [0.15, 0.2) is 24.3 Å². The lowest BCUT2D eigenvalue weighted by Gasteiger charge is -2.33. The Labute approximate surface area is 118 Å². The first kappa shape index (κ1) is 14.9. The van der Waals surface area contributed by atoms with Gasteiger partial charge in [0.25, 0.3) is 5.91 Å². The third-order valence-corrected chi connectivity index (χ3v) is 5.27. The quantitative estimate of drug-likeness (QED) is 0.834. The number of nitrogens with zero attached hydrogens (tertiary/aromatic N) is 2. The van der Waals surface area contributed by atoms with Gasteiger partial charge in [-0.15, -0.1) is 0 Å². The minimum atomic E-state index is -3.22. The van der Waals surface area contributed by atoms with Crippen molar-refractivity contribution in [1.82, 2.24) is 9.21 Å². The highest BCUT2D eigenvalue weighted by Crippen LogP contribution is 2.14. The van der Waals surface area contributed by atoms with Gasteiger partial charge in [0.05, 0.1) is 11.3 Å². The number of halogens is 1. The van der Waals surface area contributed by atoms with Gasteiger partial charge in [-0.25, -0.2) is 12.8 Å². The van der Waals surface area contributed by atoms with Crippen LogP contribution in [0.2, 0.25) is 0 Å². The molecule has 2 rings (SSSR count). The third-order valence-electron chi connectivity index (χ3n) is 3.39.